The van der Waals surface area contributed by atoms with Gasteiger partial charge in [0, 0.05) is 18.4 Å². The summed E-state index contributed by atoms with van der Waals surface area (Å²) in [6.07, 6.45) is 2.92. The lowest BCUT2D eigenvalue weighted by Crippen LogP contribution is -2.57. The van der Waals surface area contributed by atoms with Crippen molar-refractivity contribution in [3.05, 3.63) is 41.0 Å². The number of amides is 3. The Morgan fingerprint density at radius 1 is 1.15 bits per heavy atom. The van der Waals surface area contributed by atoms with Crippen molar-refractivity contribution in [1.82, 2.24) is 15.1 Å². The molecule has 1 aromatic carbocycles. The summed E-state index contributed by atoms with van der Waals surface area (Å²) in [6.45, 7) is 10.4. The van der Waals surface area contributed by atoms with E-state index in [1.54, 1.807) is 4.90 Å². The molecule has 1 fully saturated rings. The Morgan fingerprint density at radius 3 is 2.59 bits per heavy atom. The fourth-order valence-electron chi connectivity index (χ4n) is 5.23. The van der Waals surface area contributed by atoms with E-state index in [0.29, 0.717) is 19.5 Å². The minimum absolute atomic E-state index is 0.00938. The molecule has 1 aromatic rings. The number of esters is 1. The summed E-state index contributed by atoms with van der Waals surface area (Å²) >= 11 is 0. The van der Waals surface area contributed by atoms with E-state index in [-0.39, 0.29) is 25.0 Å². The number of cyclic esters (lactones) is 1. The number of hydrogen-bond donors (Lipinski definition) is 1. The van der Waals surface area contributed by atoms with Gasteiger partial charge in [-0.05, 0) is 28.5 Å². The van der Waals surface area contributed by atoms with Gasteiger partial charge < -0.3 is 24.4 Å². The van der Waals surface area contributed by atoms with E-state index in [1.807, 2.05) is 65.0 Å². The van der Waals surface area contributed by atoms with Gasteiger partial charge in [0.25, 0.3) is 0 Å². The van der Waals surface area contributed by atoms with Crippen LogP contribution >= 0.6 is 0 Å². The predicted molar refractivity (Wildman–Crippen MR) is 143 cm³/mol. The lowest BCUT2D eigenvalue weighted by molar-refractivity contribution is -0.152. The first kappa shape index (κ1) is 28.4. The van der Waals surface area contributed by atoms with Gasteiger partial charge in [0.05, 0.1) is 26.8 Å². The molecular weight excluding hydrogens is 502 g/mol. The standard InChI is InChI=1S/C29H39N3O7/c1-28(2,3)23-24(33)32-15-20(13-22(32)25(34)37-6)39-27(36)31-14-19-10-7-9-18(21(19)16-31)11-8-12-29(4,5)17-38-26(35)30-23/h7-11,20,22-23H,12-17H2,1-6H3,(H,30,35)/b11-8+/t20-,22+,23-/m1/s1. The van der Waals surface area contributed by atoms with E-state index in [2.05, 4.69) is 5.32 Å². The number of fused-ring (bicyclic) bond motifs is 3. The van der Waals surface area contributed by atoms with Crippen LogP contribution < -0.4 is 5.32 Å². The molecule has 3 amide bonds. The lowest BCUT2D eigenvalue weighted by atomic mass is 9.85. The monoisotopic (exact) mass is 541 g/mol. The highest BCUT2D eigenvalue weighted by Gasteiger charge is 2.47. The molecule has 1 saturated heterocycles. The van der Waals surface area contributed by atoms with E-state index >= 15 is 0 Å². The molecule has 0 radical (unpaired) electrons. The molecule has 1 N–H and O–H groups in total. The van der Waals surface area contributed by atoms with Gasteiger partial charge in [-0.1, -0.05) is 65.0 Å². The smallest absolute Gasteiger partial charge is 0.410 e. The summed E-state index contributed by atoms with van der Waals surface area (Å²) in [5, 5.41) is 2.72. The maximum atomic E-state index is 13.8. The van der Waals surface area contributed by atoms with Crippen molar-refractivity contribution in [2.45, 2.75) is 78.7 Å². The van der Waals surface area contributed by atoms with Crippen molar-refractivity contribution in [2.75, 3.05) is 20.3 Å². The zero-order chi connectivity index (χ0) is 28.5. The highest BCUT2D eigenvalue weighted by molar-refractivity contribution is 5.91. The minimum atomic E-state index is -0.984. The molecule has 212 valence electrons. The Balaban J connectivity index is 1.67. The summed E-state index contributed by atoms with van der Waals surface area (Å²) in [5.41, 5.74) is 2.07. The van der Waals surface area contributed by atoms with Crippen LogP contribution in [0, 0.1) is 10.8 Å². The highest BCUT2D eigenvalue weighted by Crippen LogP contribution is 2.31. The molecule has 0 aliphatic carbocycles. The minimum Gasteiger partial charge on any atom is -0.467 e. The fourth-order valence-corrected chi connectivity index (χ4v) is 5.23. The molecule has 4 bridgehead atoms. The number of alkyl carbamates (subject to hydrolysis) is 1. The molecule has 10 heteroatoms. The first-order valence-corrected chi connectivity index (χ1v) is 13.3. The number of nitrogens with one attached hydrogen (secondary N) is 1. The molecular formula is C29H39N3O7. The maximum Gasteiger partial charge on any atom is 0.410 e. The normalized spacial score (nSPS) is 26.5. The quantitative estimate of drug-likeness (QED) is 0.424. The number of rotatable bonds is 1. The number of benzene rings is 1. The number of carbonyl (C=O) groups excluding carboxylic acids is 4. The van der Waals surface area contributed by atoms with Gasteiger partial charge in [0.2, 0.25) is 5.91 Å². The molecule has 0 saturated carbocycles. The average Bonchev–Trinajstić information content (AvgIpc) is 3.49. The second-order valence-corrected chi connectivity index (χ2v) is 12.4. The number of methoxy groups -OCH3 is 1. The van der Waals surface area contributed by atoms with Gasteiger partial charge in [0.15, 0.2) is 0 Å². The summed E-state index contributed by atoms with van der Waals surface area (Å²) < 4.78 is 16.3. The van der Waals surface area contributed by atoms with Gasteiger partial charge in [-0.2, -0.15) is 0 Å². The molecule has 0 spiro atoms. The molecule has 3 aliphatic rings. The zero-order valence-corrected chi connectivity index (χ0v) is 23.6. The van der Waals surface area contributed by atoms with Crippen LogP contribution in [0.1, 0.15) is 64.2 Å². The Hall–Kier alpha value is -3.56. The van der Waals surface area contributed by atoms with E-state index in [9.17, 15) is 19.2 Å². The maximum absolute atomic E-state index is 13.8. The van der Waals surface area contributed by atoms with Crippen LogP contribution in [0.3, 0.4) is 0 Å². The van der Waals surface area contributed by atoms with Crippen molar-refractivity contribution in [3.8, 4) is 0 Å². The molecule has 3 heterocycles. The van der Waals surface area contributed by atoms with Crippen LogP contribution in [-0.2, 0) is 36.9 Å². The second-order valence-electron chi connectivity index (χ2n) is 12.4. The lowest BCUT2D eigenvalue weighted by Gasteiger charge is -2.35. The molecule has 3 atom stereocenters. The largest absolute Gasteiger partial charge is 0.467 e. The Morgan fingerprint density at radius 2 is 1.90 bits per heavy atom. The Bertz CT molecular complexity index is 1170. The van der Waals surface area contributed by atoms with Crippen molar-refractivity contribution in [3.63, 3.8) is 0 Å². The van der Waals surface area contributed by atoms with Gasteiger partial charge >= 0.3 is 18.2 Å². The Kier molecular flexibility index (Phi) is 7.95. The number of carbonyl (C=O) groups is 4. The van der Waals surface area contributed by atoms with Crippen molar-refractivity contribution in [2.24, 2.45) is 10.8 Å². The van der Waals surface area contributed by atoms with Crippen molar-refractivity contribution in [1.29, 1.82) is 0 Å². The molecule has 3 aliphatic heterocycles. The Labute approximate surface area is 229 Å². The molecule has 10 nitrogen and oxygen atoms in total. The van der Waals surface area contributed by atoms with Crippen LogP contribution in [0.25, 0.3) is 6.08 Å². The van der Waals surface area contributed by atoms with Crippen LogP contribution in [0.2, 0.25) is 0 Å². The van der Waals surface area contributed by atoms with Crippen LogP contribution in [0.5, 0.6) is 0 Å². The third-order valence-corrected chi connectivity index (χ3v) is 7.50. The first-order valence-electron chi connectivity index (χ1n) is 13.3. The third-order valence-electron chi connectivity index (χ3n) is 7.50. The van der Waals surface area contributed by atoms with Crippen molar-refractivity contribution < 1.29 is 33.4 Å². The van der Waals surface area contributed by atoms with Crippen LogP contribution in [0.15, 0.2) is 24.3 Å². The zero-order valence-electron chi connectivity index (χ0n) is 23.6. The van der Waals surface area contributed by atoms with Gasteiger partial charge in [-0.15, -0.1) is 0 Å². The summed E-state index contributed by atoms with van der Waals surface area (Å²) in [5.74, 6) is -1.07. The van der Waals surface area contributed by atoms with Gasteiger partial charge in [-0.25, -0.2) is 14.4 Å². The fraction of sp³-hybridized carbons (Fsp3) is 0.586. The van der Waals surface area contributed by atoms with Gasteiger partial charge in [0.1, 0.15) is 18.2 Å². The number of nitrogens with zero attached hydrogens (tertiary/aromatic N) is 2. The topological polar surface area (TPSA) is 114 Å². The van der Waals surface area contributed by atoms with E-state index in [1.165, 1.54) is 12.0 Å². The third kappa shape index (κ3) is 6.37. The van der Waals surface area contributed by atoms with E-state index in [0.717, 1.165) is 16.7 Å². The van der Waals surface area contributed by atoms with Crippen molar-refractivity contribution >= 4 is 30.1 Å². The predicted octanol–water partition coefficient (Wildman–Crippen LogP) is 3.87. The average molecular weight is 542 g/mol. The van der Waals surface area contributed by atoms with E-state index < -0.39 is 47.7 Å². The molecule has 4 rings (SSSR count). The number of ether oxygens (including phenoxy) is 3. The number of hydrogen-bond acceptors (Lipinski definition) is 7. The first-order chi connectivity index (χ1) is 18.3. The summed E-state index contributed by atoms with van der Waals surface area (Å²) in [4.78, 5) is 55.5. The van der Waals surface area contributed by atoms with Crippen LogP contribution in [-0.4, -0.2) is 72.3 Å². The highest BCUT2D eigenvalue weighted by atomic mass is 16.6. The second kappa shape index (κ2) is 10.9. The molecule has 0 unspecified atom stereocenters. The molecule has 0 aromatic heterocycles. The molecule has 39 heavy (non-hydrogen) atoms. The SMILES string of the molecule is COC(=O)[C@@H]1C[C@@H]2CN1C(=O)[C@H](C(C)(C)C)NC(=O)OCC(C)(C)C/C=C/c1cccc3c1CN(C3)C(=O)O2. The summed E-state index contributed by atoms with van der Waals surface area (Å²) in [7, 11) is 1.25. The summed E-state index contributed by atoms with van der Waals surface area (Å²) in [6, 6.07) is 4.04. The van der Waals surface area contributed by atoms with E-state index in [4.69, 9.17) is 14.2 Å². The van der Waals surface area contributed by atoms with Crippen LogP contribution in [0.4, 0.5) is 9.59 Å². The number of allylic oxidation sites excluding steroid dienone is 1. The van der Waals surface area contributed by atoms with Gasteiger partial charge in [-0.3, -0.25) is 9.69 Å².